The smallest absolute Gasteiger partial charge is 0.371 e. The van der Waals surface area contributed by atoms with Gasteiger partial charge in [-0.25, -0.2) is 4.79 Å². The fourth-order valence-corrected chi connectivity index (χ4v) is 2.14. The molecule has 5 nitrogen and oxygen atoms in total. The molecule has 0 fully saturated rings. The summed E-state index contributed by atoms with van der Waals surface area (Å²) in [5.41, 5.74) is 1.65. The van der Waals surface area contributed by atoms with Crippen LogP contribution in [0.15, 0.2) is 39.2 Å². The summed E-state index contributed by atoms with van der Waals surface area (Å²) in [5, 5.41) is 11.5. The number of carboxylic acid groups (broad SMARTS) is 1. The van der Waals surface area contributed by atoms with Gasteiger partial charge in [-0.05, 0) is 42.3 Å². The molecule has 2 rings (SSSR count). The summed E-state index contributed by atoms with van der Waals surface area (Å²) in [5.74, 6) is -1.98. The number of furan rings is 1. The van der Waals surface area contributed by atoms with Gasteiger partial charge in [-0.1, -0.05) is 22.9 Å². The van der Waals surface area contributed by atoms with Crippen molar-refractivity contribution in [3.8, 4) is 0 Å². The Labute approximate surface area is 123 Å². The standard InChI is InChI=1S/C14H12BrNO4/c1-2-8-7-9(15)3-4-10(8)16-13(17)11-5-6-12(20-11)14(18)19/h3-7H,2H2,1H3,(H,16,17)(H,18,19). The van der Waals surface area contributed by atoms with Crippen molar-refractivity contribution in [3.05, 3.63) is 51.9 Å². The highest BCUT2D eigenvalue weighted by molar-refractivity contribution is 9.10. The number of halogens is 1. The van der Waals surface area contributed by atoms with Gasteiger partial charge in [-0.2, -0.15) is 0 Å². The van der Waals surface area contributed by atoms with E-state index in [9.17, 15) is 9.59 Å². The van der Waals surface area contributed by atoms with Crippen molar-refractivity contribution >= 4 is 33.5 Å². The Kier molecular flexibility index (Phi) is 4.24. The molecule has 20 heavy (non-hydrogen) atoms. The quantitative estimate of drug-likeness (QED) is 0.893. The third kappa shape index (κ3) is 3.08. The van der Waals surface area contributed by atoms with Crippen molar-refractivity contribution in [2.75, 3.05) is 5.32 Å². The number of anilines is 1. The fraction of sp³-hybridized carbons (Fsp3) is 0.143. The molecule has 0 spiro atoms. The van der Waals surface area contributed by atoms with E-state index in [1.54, 1.807) is 6.07 Å². The van der Waals surface area contributed by atoms with E-state index < -0.39 is 11.9 Å². The van der Waals surface area contributed by atoms with E-state index in [1.807, 2.05) is 19.1 Å². The lowest BCUT2D eigenvalue weighted by Gasteiger charge is -2.09. The van der Waals surface area contributed by atoms with Gasteiger partial charge in [0.25, 0.3) is 5.91 Å². The maximum Gasteiger partial charge on any atom is 0.371 e. The molecule has 0 atom stereocenters. The monoisotopic (exact) mass is 337 g/mol. The summed E-state index contributed by atoms with van der Waals surface area (Å²) >= 11 is 3.37. The minimum Gasteiger partial charge on any atom is -0.475 e. The predicted molar refractivity (Wildman–Crippen MR) is 77.1 cm³/mol. The number of benzene rings is 1. The highest BCUT2D eigenvalue weighted by atomic mass is 79.9. The lowest BCUT2D eigenvalue weighted by Crippen LogP contribution is -2.12. The van der Waals surface area contributed by atoms with Crippen LogP contribution in [0.4, 0.5) is 5.69 Å². The molecule has 2 aromatic rings. The van der Waals surface area contributed by atoms with Crippen LogP contribution in [-0.4, -0.2) is 17.0 Å². The topological polar surface area (TPSA) is 79.5 Å². The number of rotatable bonds is 4. The van der Waals surface area contributed by atoms with E-state index >= 15 is 0 Å². The Hall–Kier alpha value is -2.08. The number of carboxylic acids is 1. The molecule has 0 radical (unpaired) electrons. The van der Waals surface area contributed by atoms with Crippen molar-refractivity contribution in [1.29, 1.82) is 0 Å². The van der Waals surface area contributed by atoms with Gasteiger partial charge in [0.05, 0.1) is 0 Å². The van der Waals surface area contributed by atoms with Gasteiger partial charge in [-0.15, -0.1) is 0 Å². The molecule has 0 aliphatic carbocycles. The highest BCUT2D eigenvalue weighted by Gasteiger charge is 2.15. The molecule has 1 aromatic carbocycles. The van der Waals surface area contributed by atoms with E-state index in [4.69, 9.17) is 9.52 Å². The molecule has 0 aliphatic rings. The van der Waals surface area contributed by atoms with Crippen molar-refractivity contribution in [2.24, 2.45) is 0 Å². The van der Waals surface area contributed by atoms with Gasteiger partial charge in [0.1, 0.15) is 0 Å². The van der Waals surface area contributed by atoms with Crippen LogP contribution >= 0.6 is 15.9 Å². The zero-order chi connectivity index (χ0) is 14.7. The van der Waals surface area contributed by atoms with Crippen molar-refractivity contribution in [2.45, 2.75) is 13.3 Å². The number of aromatic carboxylic acids is 1. The number of carbonyl (C=O) groups is 2. The van der Waals surface area contributed by atoms with Crippen LogP contribution in [0, 0.1) is 0 Å². The minimum atomic E-state index is -1.21. The largest absolute Gasteiger partial charge is 0.475 e. The SMILES string of the molecule is CCc1cc(Br)ccc1NC(=O)c1ccc(C(=O)O)o1. The number of carbonyl (C=O) groups excluding carboxylic acids is 1. The van der Waals surface area contributed by atoms with Crippen molar-refractivity contribution < 1.29 is 19.1 Å². The van der Waals surface area contributed by atoms with Crippen LogP contribution in [0.2, 0.25) is 0 Å². The second-order valence-corrected chi connectivity index (χ2v) is 4.99. The highest BCUT2D eigenvalue weighted by Crippen LogP contribution is 2.22. The molecule has 0 unspecified atom stereocenters. The second kappa shape index (κ2) is 5.92. The van der Waals surface area contributed by atoms with Crippen LogP contribution in [0.1, 0.15) is 33.6 Å². The third-order valence-corrected chi connectivity index (χ3v) is 3.23. The molecule has 0 bridgehead atoms. The van der Waals surface area contributed by atoms with Crippen LogP contribution in [0.5, 0.6) is 0 Å². The summed E-state index contributed by atoms with van der Waals surface area (Å²) in [6, 6.07) is 8.10. The molecule has 0 aliphatic heterocycles. The van der Waals surface area contributed by atoms with Crippen molar-refractivity contribution in [1.82, 2.24) is 0 Å². The first-order chi connectivity index (χ1) is 9.51. The van der Waals surface area contributed by atoms with E-state index in [2.05, 4.69) is 21.2 Å². The maximum absolute atomic E-state index is 12.0. The molecule has 0 saturated heterocycles. The van der Waals surface area contributed by atoms with Gasteiger partial charge in [0, 0.05) is 10.2 Å². The average Bonchev–Trinajstić information content (AvgIpc) is 2.90. The van der Waals surface area contributed by atoms with Gasteiger partial charge in [-0.3, -0.25) is 4.79 Å². The lowest BCUT2D eigenvalue weighted by molar-refractivity contribution is 0.0660. The van der Waals surface area contributed by atoms with Crippen LogP contribution in [-0.2, 0) is 6.42 Å². The Bertz CT molecular complexity index is 663. The zero-order valence-corrected chi connectivity index (χ0v) is 12.2. The average molecular weight is 338 g/mol. The third-order valence-electron chi connectivity index (χ3n) is 2.74. The Balaban J connectivity index is 2.20. The minimum absolute atomic E-state index is 0.0348. The number of nitrogens with one attached hydrogen (secondary N) is 1. The number of aryl methyl sites for hydroxylation is 1. The number of amides is 1. The Morgan fingerprint density at radius 2 is 1.95 bits per heavy atom. The summed E-state index contributed by atoms with van der Waals surface area (Å²) in [4.78, 5) is 22.7. The molecular formula is C14H12BrNO4. The number of hydrogen-bond donors (Lipinski definition) is 2. The van der Waals surface area contributed by atoms with Crippen LogP contribution < -0.4 is 5.32 Å². The molecular weight excluding hydrogens is 326 g/mol. The molecule has 1 heterocycles. The lowest BCUT2D eigenvalue weighted by atomic mass is 10.1. The van der Waals surface area contributed by atoms with Gasteiger partial charge < -0.3 is 14.8 Å². The molecule has 1 amide bonds. The summed E-state index contributed by atoms with van der Waals surface area (Å²) < 4.78 is 5.88. The van der Waals surface area contributed by atoms with E-state index in [1.165, 1.54) is 12.1 Å². The van der Waals surface area contributed by atoms with Gasteiger partial charge in [0.2, 0.25) is 5.76 Å². The number of hydrogen-bond acceptors (Lipinski definition) is 3. The summed E-state index contributed by atoms with van der Waals surface area (Å²) in [7, 11) is 0. The zero-order valence-electron chi connectivity index (χ0n) is 10.6. The van der Waals surface area contributed by atoms with E-state index in [0.717, 1.165) is 16.5 Å². The molecule has 104 valence electrons. The predicted octanol–water partition coefficient (Wildman–Crippen LogP) is 3.56. The summed E-state index contributed by atoms with van der Waals surface area (Å²) in [6.45, 7) is 1.98. The first kappa shape index (κ1) is 14.3. The summed E-state index contributed by atoms with van der Waals surface area (Å²) in [6.07, 6.45) is 0.758. The Morgan fingerprint density at radius 3 is 2.55 bits per heavy atom. The van der Waals surface area contributed by atoms with Gasteiger partial charge in [0.15, 0.2) is 5.76 Å². The van der Waals surface area contributed by atoms with Crippen LogP contribution in [0.3, 0.4) is 0 Å². The van der Waals surface area contributed by atoms with E-state index in [0.29, 0.717) is 5.69 Å². The molecule has 1 aromatic heterocycles. The van der Waals surface area contributed by atoms with Crippen molar-refractivity contribution in [3.63, 3.8) is 0 Å². The molecule has 6 heteroatoms. The first-order valence-corrected chi connectivity index (χ1v) is 6.73. The first-order valence-electron chi connectivity index (χ1n) is 5.94. The van der Waals surface area contributed by atoms with Crippen LogP contribution in [0.25, 0.3) is 0 Å². The van der Waals surface area contributed by atoms with E-state index in [-0.39, 0.29) is 11.5 Å². The second-order valence-electron chi connectivity index (χ2n) is 4.08. The normalized spacial score (nSPS) is 10.3. The molecule has 0 saturated carbocycles. The van der Waals surface area contributed by atoms with Gasteiger partial charge >= 0.3 is 5.97 Å². The Morgan fingerprint density at radius 1 is 1.25 bits per heavy atom. The maximum atomic E-state index is 12.0. The fourth-order valence-electron chi connectivity index (χ4n) is 1.74. The molecule has 2 N–H and O–H groups in total.